The predicted octanol–water partition coefficient (Wildman–Crippen LogP) is 5.01. The second kappa shape index (κ2) is 7.63. The number of furan rings is 1. The van der Waals surface area contributed by atoms with Crippen molar-refractivity contribution in [3.63, 3.8) is 0 Å². The zero-order valence-electron chi connectivity index (χ0n) is 16.1. The van der Waals surface area contributed by atoms with E-state index in [0.29, 0.717) is 25.1 Å². The van der Waals surface area contributed by atoms with Gasteiger partial charge in [-0.15, -0.1) is 0 Å². The molecule has 0 spiro atoms. The first-order valence-electron chi connectivity index (χ1n) is 9.94. The second-order valence-corrected chi connectivity index (χ2v) is 7.66. The van der Waals surface area contributed by atoms with E-state index in [1.807, 2.05) is 48.2 Å². The average Bonchev–Trinajstić information content (AvgIpc) is 3.59. The Balaban J connectivity index is 1.39. The van der Waals surface area contributed by atoms with Crippen molar-refractivity contribution in [2.75, 3.05) is 6.61 Å². The summed E-state index contributed by atoms with van der Waals surface area (Å²) in [6, 6.07) is 12.2. The lowest BCUT2D eigenvalue weighted by Gasteiger charge is -2.19. The van der Waals surface area contributed by atoms with Crippen molar-refractivity contribution in [3.05, 3.63) is 59.6 Å². The highest BCUT2D eigenvalue weighted by Gasteiger charge is 2.37. The quantitative estimate of drug-likeness (QED) is 0.618. The second-order valence-electron chi connectivity index (χ2n) is 7.66. The van der Waals surface area contributed by atoms with E-state index < -0.39 is 0 Å². The van der Waals surface area contributed by atoms with Crippen LogP contribution in [0.25, 0.3) is 6.08 Å². The summed E-state index contributed by atoms with van der Waals surface area (Å²) >= 11 is 0. The fourth-order valence-electron chi connectivity index (χ4n) is 3.44. The number of rotatable bonds is 8. The topological polar surface area (TPSA) is 42.7 Å². The molecule has 142 valence electrons. The number of nitrogens with zero attached hydrogens (tertiary/aromatic N) is 1. The Kier molecular flexibility index (Phi) is 5.06. The highest BCUT2D eigenvalue weighted by molar-refractivity contribution is 5.92. The lowest BCUT2D eigenvalue weighted by atomic mass is 10.2. The van der Waals surface area contributed by atoms with Crippen LogP contribution in [0.5, 0.6) is 5.75 Å². The van der Waals surface area contributed by atoms with Crippen LogP contribution in [0, 0.1) is 5.92 Å². The molecule has 4 rings (SSSR count). The molecular formula is C23H27NO3. The first kappa shape index (κ1) is 17.9. The van der Waals surface area contributed by atoms with Crippen molar-refractivity contribution in [1.29, 1.82) is 0 Å². The minimum atomic E-state index is 0.0455. The molecule has 0 saturated heterocycles. The van der Waals surface area contributed by atoms with Crippen LogP contribution in [-0.4, -0.2) is 23.5 Å². The summed E-state index contributed by atoms with van der Waals surface area (Å²) in [5, 5.41) is 0. The van der Waals surface area contributed by atoms with Gasteiger partial charge in [0.15, 0.2) is 0 Å². The van der Waals surface area contributed by atoms with E-state index in [2.05, 4.69) is 13.0 Å². The van der Waals surface area contributed by atoms with Crippen LogP contribution in [0.3, 0.4) is 0 Å². The number of hydrogen-bond donors (Lipinski definition) is 0. The van der Waals surface area contributed by atoms with Crippen LogP contribution >= 0.6 is 0 Å². The van der Waals surface area contributed by atoms with Gasteiger partial charge in [0.1, 0.15) is 17.3 Å². The molecule has 0 radical (unpaired) electrons. The van der Waals surface area contributed by atoms with Gasteiger partial charge >= 0.3 is 0 Å². The maximum atomic E-state index is 12.7. The number of hydrogen-bond acceptors (Lipinski definition) is 3. The van der Waals surface area contributed by atoms with Gasteiger partial charge in [0, 0.05) is 18.0 Å². The summed E-state index contributed by atoms with van der Waals surface area (Å²) in [4.78, 5) is 14.7. The van der Waals surface area contributed by atoms with Crippen LogP contribution in [0.2, 0.25) is 0 Å². The Morgan fingerprint density at radius 2 is 1.96 bits per heavy atom. The molecular weight excluding hydrogens is 338 g/mol. The van der Waals surface area contributed by atoms with Crippen LogP contribution < -0.4 is 4.74 Å². The molecule has 27 heavy (non-hydrogen) atoms. The van der Waals surface area contributed by atoms with Crippen molar-refractivity contribution >= 4 is 12.0 Å². The molecule has 2 saturated carbocycles. The highest BCUT2D eigenvalue weighted by Crippen LogP contribution is 2.47. The summed E-state index contributed by atoms with van der Waals surface area (Å²) in [5.74, 6) is 4.15. The molecule has 2 fully saturated rings. The van der Waals surface area contributed by atoms with E-state index >= 15 is 0 Å². The zero-order chi connectivity index (χ0) is 18.8. The predicted molar refractivity (Wildman–Crippen MR) is 105 cm³/mol. The lowest BCUT2D eigenvalue weighted by molar-refractivity contribution is -0.127. The summed E-state index contributed by atoms with van der Waals surface area (Å²) in [6.07, 6.45) is 6.91. The average molecular weight is 365 g/mol. The molecule has 1 heterocycles. The molecule has 0 N–H and O–H groups in total. The molecule has 1 aromatic heterocycles. The number of benzene rings is 1. The standard InChI is InChI=1S/C23H27NO3/c1-3-26-19-9-4-17(5-10-19)6-13-23(25)24(18-7-8-18)15-20-11-12-22(27-20)21-14-16(21)2/h4-6,9-13,16,18,21H,3,7-8,14-15H2,1-2H3/b13-6+. The lowest BCUT2D eigenvalue weighted by Crippen LogP contribution is -2.30. The van der Waals surface area contributed by atoms with Gasteiger partial charge in [0.2, 0.25) is 5.91 Å². The number of ether oxygens (including phenoxy) is 1. The van der Waals surface area contributed by atoms with Crippen molar-refractivity contribution < 1.29 is 13.9 Å². The first-order chi connectivity index (χ1) is 13.1. The Labute approximate surface area is 160 Å². The molecule has 0 bridgehead atoms. The van der Waals surface area contributed by atoms with Gasteiger partial charge in [-0.1, -0.05) is 19.1 Å². The molecule has 4 nitrogen and oxygen atoms in total. The van der Waals surface area contributed by atoms with Crippen LogP contribution in [0.4, 0.5) is 0 Å². The summed E-state index contributed by atoms with van der Waals surface area (Å²) in [7, 11) is 0. The summed E-state index contributed by atoms with van der Waals surface area (Å²) < 4.78 is 11.5. The fraction of sp³-hybridized carbons (Fsp3) is 0.435. The third-order valence-electron chi connectivity index (χ3n) is 5.36. The highest BCUT2D eigenvalue weighted by atomic mass is 16.5. The molecule has 2 aliphatic rings. The van der Waals surface area contributed by atoms with E-state index in [1.165, 1.54) is 6.42 Å². The van der Waals surface area contributed by atoms with Crippen molar-refractivity contribution in [1.82, 2.24) is 4.90 Å². The van der Waals surface area contributed by atoms with E-state index in [0.717, 1.165) is 41.6 Å². The first-order valence-corrected chi connectivity index (χ1v) is 9.94. The van der Waals surface area contributed by atoms with Gasteiger partial charge < -0.3 is 14.1 Å². The van der Waals surface area contributed by atoms with Gasteiger partial charge in [-0.05, 0) is 68.0 Å². The fourth-order valence-corrected chi connectivity index (χ4v) is 3.44. The number of carbonyl (C=O) groups is 1. The maximum absolute atomic E-state index is 12.7. The van der Waals surface area contributed by atoms with Gasteiger partial charge in [0.05, 0.1) is 13.2 Å². The van der Waals surface area contributed by atoms with Gasteiger partial charge in [-0.3, -0.25) is 4.79 Å². The molecule has 0 aliphatic heterocycles. The van der Waals surface area contributed by atoms with Gasteiger partial charge in [-0.25, -0.2) is 0 Å². The summed E-state index contributed by atoms with van der Waals surface area (Å²) in [5.41, 5.74) is 0.991. The van der Waals surface area contributed by atoms with E-state index in [1.54, 1.807) is 6.08 Å². The maximum Gasteiger partial charge on any atom is 0.247 e. The molecule has 1 aromatic carbocycles. The van der Waals surface area contributed by atoms with Crippen LogP contribution in [0.1, 0.15) is 56.1 Å². The van der Waals surface area contributed by atoms with Crippen molar-refractivity contribution in [2.45, 2.75) is 51.6 Å². The monoisotopic (exact) mass is 365 g/mol. The molecule has 2 aromatic rings. The largest absolute Gasteiger partial charge is 0.494 e. The van der Waals surface area contributed by atoms with Crippen molar-refractivity contribution in [2.24, 2.45) is 5.92 Å². The van der Waals surface area contributed by atoms with Gasteiger partial charge in [-0.2, -0.15) is 0 Å². The Morgan fingerprint density at radius 1 is 1.22 bits per heavy atom. The molecule has 2 aliphatic carbocycles. The number of carbonyl (C=O) groups excluding carboxylic acids is 1. The normalized spacial score (nSPS) is 21.4. The smallest absolute Gasteiger partial charge is 0.247 e. The molecule has 1 amide bonds. The van der Waals surface area contributed by atoms with Crippen LogP contribution in [-0.2, 0) is 11.3 Å². The third kappa shape index (κ3) is 4.44. The van der Waals surface area contributed by atoms with E-state index in [4.69, 9.17) is 9.15 Å². The zero-order valence-corrected chi connectivity index (χ0v) is 16.1. The van der Waals surface area contributed by atoms with Gasteiger partial charge in [0.25, 0.3) is 0 Å². The number of amides is 1. The molecule has 2 atom stereocenters. The van der Waals surface area contributed by atoms with E-state index in [9.17, 15) is 4.79 Å². The Morgan fingerprint density at radius 3 is 2.59 bits per heavy atom. The summed E-state index contributed by atoms with van der Waals surface area (Å²) in [6.45, 7) is 5.42. The minimum Gasteiger partial charge on any atom is -0.494 e. The molecule has 2 unspecified atom stereocenters. The van der Waals surface area contributed by atoms with Crippen LogP contribution in [0.15, 0.2) is 46.9 Å². The minimum absolute atomic E-state index is 0.0455. The SMILES string of the molecule is CCOc1ccc(/C=C/C(=O)N(Cc2ccc(C3CC3C)o2)C2CC2)cc1. The third-order valence-corrected chi connectivity index (χ3v) is 5.36. The van der Waals surface area contributed by atoms with Crippen molar-refractivity contribution in [3.8, 4) is 5.75 Å². The Hall–Kier alpha value is -2.49. The molecule has 4 heteroatoms. The Bertz CT molecular complexity index is 816. The van der Waals surface area contributed by atoms with E-state index in [-0.39, 0.29) is 5.91 Å².